The highest BCUT2D eigenvalue weighted by Crippen LogP contribution is 2.31. The zero-order valence-electron chi connectivity index (χ0n) is 19.8. The van der Waals surface area contributed by atoms with E-state index in [1.54, 1.807) is 24.3 Å². The van der Waals surface area contributed by atoms with Gasteiger partial charge in [-0.05, 0) is 35.7 Å². The highest BCUT2D eigenvalue weighted by Gasteiger charge is 2.44. The molecule has 3 aromatic rings. The quantitative estimate of drug-likeness (QED) is 0.505. The molecular weight excluding hydrogens is 464 g/mol. The molecule has 0 bridgehead atoms. The number of hydrogen-bond donors (Lipinski definition) is 1. The molecule has 2 atom stereocenters. The summed E-state index contributed by atoms with van der Waals surface area (Å²) in [5, 5.41) is 3.34. The van der Waals surface area contributed by atoms with Gasteiger partial charge in [0.05, 0.1) is 34.6 Å². The maximum absolute atomic E-state index is 13.4. The van der Waals surface area contributed by atoms with Crippen LogP contribution in [0.3, 0.4) is 0 Å². The van der Waals surface area contributed by atoms with Crippen LogP contribution < -0.4 is 5.32 Å². The molecule has 182 valence electrons. The molecule has 1 saturated heterocycles. The lowest BCUT2D eigenvalue weighted by atomic mass is 9.96. The molecule has 0 saturated carbocycles. The lowest BCUT2D eigenvalue weighted by molar-refractivity contribution is -0.121. The molecule has 2 aromatic carbocycles. The normalized spacial score (nSPS) is 18.1. The third-order valence-electron chi connectivity index (χ3n) is 6.75. The van der Waals surface area contributed by atoms with Gasteiger partial charge in [0.15, 0.2) is 5.13 Å². The van der Waals surface area contributed by atoms with Crippen LogP contribution in [-0.4, -0.2) is 64.9 Å². The Labute approximate surface area is 207 Å². The Morgan fingerprint density at radius 2 is 1.80 bits per heavy atom. The second-order valence-corrected chi connectivity index (χ2v) is 10.1. The molecule has 1 aromatic heterocycles. The zero-order valence-corrected chi connectivity index (χ0v) is 20.6. The van der Waals surface area contributed by atoms with Gasteiger partial charge in [-0.3, -0.25) is 24.2 Å². The van der Waals surface area contributed by atoms with Crippen molar-refractivity contribution in [2.75, 3.05) is 31.6 Å². The van der Waals surface area contributed by atoms with Crippen molar-refractivity contribution in [2.24, 2.45) is 5.92 Å². The third-order valence-corrected chi connectivity index (χ3v) is 7.68. The second kappa shape index (κ2) is 9.85. The minimum Gasteiger partial charge on any atom is -0.379 e. The topological polar surface area (TPSA) is 91.8 Å². The molecule has 8 nitrogen and oxygen atoms in total. The van der Waals surface area contributed by atoms with Gasteiger partial charge in [-0.15, -0.1) is 0 Å². The number of anilines is 1. The zero-order chi connectivity index (χ0) is 24.5. The first-order valence-electron chi connectivity index (χ1n) is 11.9. The summed E-state index contributed by atoms with van der Waals surface area (Å²) < 4.78 is 6.40. The van der Waals surface area contributed by atoms with Gasteiger partial charge < -0.3 is 10.1 Å². The van der Waals surface area contributed by atoms with Crippen molar-refractivity contribution in [2.45, 2.75) is 32.9 Å². The summed E-state index contributed by atoms with van der Waals surface area (Å²) in [5.41, 5.74) is 2.67. The Balaban J connectivity index is 1.36. The second-order valence-electron chi connectivity index (χ2n) is 9.06. The Kier molecular flexibility index (Phi) is 6.64. The van der Waals surface area contributed by atoms with Crippen LogP contribution in [0.1, 0.15) is 46.5 Å². The number of morpholine rings is 1. The van der Waals surface area contributed by atoms with Crippen LogP contribution in [0, 0.1) is 5.92 Å². The van der Waals surface area contributed by atoms with E-state index in [9.17, 15) is 14.4 Å². The van der Waals surface area contributed by atoms with E-state index in [0.717, 1.165) is 48.0 Å². The van der Waals surface area contributed by atoms with Gasteiger partial charge >= 0.3 is 0 Å². The number of benzene rings is 2. The molecule has 0 spiro atoms. The summed E-state index contributed by atoms with van der Waals surface area (Å²) >= 11 is 1.40. The molecular formula is C26H28N4O4S. The summed E-state index contributed by atoms with van der Waals surface area (Å²) in [6, 6.07) is 11.9. The van der Waals surface area contributed by atoms with Crippen molar-refractivity contribution in [1.82, 2.24) is 14.8 Å². The maximum atomic E-state index is 13.4. The first-order valence-corrected chi connectivity index (χ1v) is 12.7. The summed E-state index contributed by atoms with van der Waals surface area (Å²) in [6.07, 6.45) is 0.635. The fourth-order valence-corrected chi connectivity index (χ4v) is 5.56. The van der Waals surface area contributed by atoms with Crippen LogP contribution in [0.15, 0.2) is 42.5 Å². The van der Waals surface area contributed by atoms with Crippen LogP contribution in [0.25, 0.3) is 10.2 Å². The lowest BCUT2D eigenvalue weighted by Gasteiger charge is -2.29. The predicted octanol–water partition coefficient (Wildman–Crippen LogP) is 3.78. The van der Waals surface area contributed by atoms with E-state index >= 15 is 0 Å². The number of fused-ring (bicyclic) bond motifs is 2. The van der Waals surface area contributed by atoms with E-state index in [1.165, 1.54) is 16.9 Å². The number of aromatic nitrogens is 1. The number of imide groups is 1. The molecule has 2 aliphatic rings. The standard InChI is InChI=1S/C26H28N4O4S/c1-3-16(2)22(30-24(32)18-6-4-5-7-19(18)25(30)33)23(31)28-26-27-20-9-8-17(14-21(20)35-26)15-29-10-12-34-13-11-29/h4-9,14,16,22H,3,10-13,15H2,1-2H3,(H,27,28,31). The van der Waals surface area contributed by atoms with Crippen molar-refractivity contribution in [1.29, 1.82) is 0 Å². The van der Waals surface area contributed by atoms with Gasteiger partial charge in [0.1, 0.15) is 6.04 Å². The van der Waals surface area contributed by atoms with E-state index in [-0.39, 0.29) is 5.92 Å². The molecule has 3 heterocycles. The lowest BCUT2D eigenvalue weighted by Crippen LogP contribution is -2.50. The first-order chi connectivity index (χ1) is 17.0. The number of thiazole rings is 1. The van der Waals surface area contributed by atoms with Crippen molar-refractivity contribution in [3.63, 3.8) is 0 Å². The molecule has 9 heteroatoms. The number of hydrogen-bond acceptors (Lipinski definition) is 7. The van der Waals surface area contributed by atoms with E-state index in [0.29, 0.717) is 22.7 Å². The number of rotatable bonds is 7. The number of ether oxygens (including phenoxy) is 1. The minimum atomic E-state index is -0.920. The molecule has 0 aliphatic carbocycles. The van der Waals surface area contributed by atoms with Crippen LogP contribution >= 0.6 is 11.3 Å². The number of carbonyl (C=O) groups excluding carboxylic acids is 3. The average molecular weight is 493 g/mol. The number of nitrogens with zero attached hydrogens (tertiary/aromatic N) is 3. The van der Waals surface area contributed by atoms with E-state index in [1.807, 2.05) is 19.9 Å². The van der Waals surface area contributed by atoms with Crippen molar-refractivity contribution in [3.8, 4) is 0 Å². The Morgan fingerprint density at radius 1 is 1.11 bits per heavy atom. The maximum Gasteiger partial charge on any atom is 0.262 e. The summed E-state index contributed by atoms with van der Waals surface area (Å²) in [4.78, 5) is 47.6. The Bertz CT molecular complexity index is 1250. The Morgan fingerprint density at radius 3 is 2.46 bits per heavy atom. The fraction of sp³-hybridized carbons (Fsp3) is 0.385. The minimum absolute atomic E-state index is 0.216. The average Bonchev–Trinajstić information content (AvgIpc) is 3.38. The van der Waals surface area contributed by atoms with Gasteiger partial charge in [0.2, 0.25) is 5.91 Å². The van der Waals surface area contributed by atoms with Crippen LogP contribution in [0.2, 0.25) is 0 Å². The molecule has 5 rings (SSSR count). The highest BCUT2D eigenvalue weighted by atomic mass is 32.1. The summed E-state index contributed by atoms with van der Waals surface area (Å²) in [7, 11) is 0. The van der Waals surface area contributed by atoms with Crippen LogP contribution in [0.4, 0.5) is 5.13 Å². The molecule has 1 N–H and O–H groups in total. The molecule has 2 unspecified atom stereocenters. The number of amides is 3. The molecule has 3 amide bonds. The van der Waals surface area contributed by atoms with Gasteiger partial charge in [-0.1, -0.05) is 49.8 Å². The number of nitrogens with one attached hydrogen (secondary N) is 1. The highest BCUT2D eigenvalue weighted by molar-refractivity contribution is 7.22. The van der Waals surface area contributed by atoms with E-state index < -0.39 is 23.8 Å². The Hall–Kier alpha value is -3.14. The first kappa shape index (κ1) is 23.6. The summed E-state index contributed by atoms with van der Waals surface area (Å²) in [5.74, 6) is -1.47. The van der Waals surface area contributed by atoms with Gasteiger partial charge in [0, 0.05) is 19.6 Å². The SMILES string of the molecule is CCC(C)C(C(=O)Nc1nc2ccc(CN3CCOCC3)cc2s1)N1C(=O)c2ccccc2C1=O. The van der Waals surface area contributed by atoms with Crippen LogP contribution in [0.5, 0.6) is 0 Å². The molecule has 2 aliphatic heterocycles. The smallest absolute Gasteiger partial charge is 0.262 e. The van der Waals surface area contributed by atoms with Crippen LogP contribution in [-0.2, 0) is 16.1 Å². The van der Waals surface area contributed by atoms with Gasteiger partial charge in [-0.2, -0.15) is 0 Å². The predicted molar refractivity (Wildman–Crippen MR) is 135 cm³/mol. The number of carbonyl (C=O) groups is 3. The molecule has 1 fully saturated rings. The summed E-state index contributed by atoms with van der Waals surface area (Å²) in [6.45, 7) is 8.00. The van der Waals surface area contributed by atoms with Gasteiger partial charge in [0.25, 0.3) is 11.8 Å². The van der Waals surface area contributed by atoms with Crippen molar-refractivity contribution >= 4 is 44.4 Å². The molecule has 0 radical (unpaired) electrons. The fourth-order valence-electron chi connectivity index (χ4n) is 4.63. The van der Waals surface area contributed by atoms with E-state index in [4.69, 9.17) is 4.74 Å². The third kappa shape index (κ3) is 4.59. The van der Waals surface area contributed by atoms with E-state index in [2.05, 4.69) is 27.3 Å². The monoisotopic (exact) mass is 492 g/mol. The largest absolute Gasteiger partial charge is 0.379 e. The van der Waals surface area contributed by atoms with Gasteiger partial charge in [-0.25, -0.2) is 4.98 Å². The van der Waals surface area contributed by atoms with Crippen molar-refractivity contribution < 1.29 is 19.1 Å². The van der Waals surface area contributed by atoms with Crippen molar-refractivity contribution in [3.05, 3.63) is 59.2 Å². The molecule has 35 heavy (non-hydrogen) atoms.